The van der Waals surface area contributed by atoms with Gasteiger partial charge in [0.25, 0.3) is 0 Å². The van der Waals surface area contributed by atoms with E-state index in [1.807, 2.05) is 0 Å². The highest BCUT2D eigenvalue weighted by Gasteiger charge is 2.05. The summed E-state index contributed by atoms with van der Waals surface area (Å²) in [6.45, 7) is 0. The zero-order valence-corrected chi connectivity index (χ0v) is 10.8. The number of halogens is 1. The van der Waals surface area contributed by atoms with Gasteiger partial charge in [0.1, 0.15) is 5.03 Å². The summed E-state index contributed by atoms with van der Waals surface area (Å²) in [5, 5.41) is 10.1. The molecule has 2 aromatic heterocycles. The monoisotopic (exact) mass is 280 g/mol. The number of carboxylic acid groups (broad SMARTS) is 1. The van der Waals surface area contributed by atoms with Gasteiger partial charge in [-0.25, -0.2) is 9.78 Å². The van der Waals surface area contributed by atoms with Crippen LogP contribution in [0.3, 0.4) is 0 Å². The molecular weight excluding hydrogens is 272 g/mol. The summed E-state index contributed by atoms with van der Waals surface area (Å²) in [5.74, 6) is -0.383. The number of rotatable bonds is 4. The normalized spacial score (nSPS) is 10.3. The summed E-state index contributed by atoms with van der Waals surface area (Å²) in [5.41, 5.74) is 0.964. The number of carboxylic acids is 1. The number of hydrogen-bond donors (Lipinski definition) is 1. The van der Waals surface area contributed by atoms with Crippen LogP contribution < -0.4 is 0 Å². The van der Waals surface area contributed by atoms with Crippen molar-refractivity contribution >= 4 is 29.3 Å². The molecule has 1 N–H and O–H groups in total. The van der Waals surface area contributed by atoms with E-state index < -0.39 is 5.97 Å². The molecule has 92 valence electrons. The molecule has 0 aliphatic rings. The maximum absolute atomic E-state index is 10.7. The third-order valence-corrected chi connectivity index (χ3v) is 3.61. The van der Waals surface area contributed by atoms with Crippen LogP contribution in [0, 0.1) is 0 Å². The summed E-state index contributed by atoms with van der Waals surface area (Å²) in [4.78, 5) is 18.9. The smallest absolute Gasteiger partial charge is 0.337 e. The van der Waals surface area contributed by atoms with Crippen molar-refractivity contribution < 1.29 is 9.90 Å². The van der Waals surface area contributed by atoms with Crippen LogP contribution in [0.2, 0.25) is 5.02 Å². The lowest BCUT2D eigenvalue weighted by molar-refractivity contribution is 0.0696. The quantitative estimate of drug-likeness (QED) is 0.872. The predicted octanol–water partition coefficient (Wildman–Crippen LogP) is 3.12. The highest BCUT2D eigenvalue weighted by Crippen LogP contribution is 2.26. The van der Waals surface area contributed by atoms with Crippen LogP contribution in [0.1, 0.15) is 16.1 Å². The van der Waals surface area contributed by atoms with Crippen molar-refractivity contribution in [1.29, 1.82) is 0 Å². The van der Waals surface area contributed by atoms with Crippen LogP contribution in [0.5, 0.6) is 0 Å². The van der Waals surface area contributed by atoms with Gasteiger partial charge in [-0.1, -0.05) is 23.4 Å². The third-order valence-electron chi connectivity index (χ3n) is 2.15. The number of pyridine rings is 2. The Morgan fingerprint density at radius 3 is 2.78 bits per heavy atom. The van der Waals surface area contributed by atoms with Crippen molar-refractivity contribution in [2.45, 2.75) is 10.8 Å². The van der Waals surface area contributed by atoms with Crippen molar-refractivity contribution in [2.24, 2.45) is 0 Å². The van der Waals surface area contributed by atoms with E-state index in [-0.39, 0.29) is 5.56 Å². The molecule has 0 atom stereocenters. The highest BCUT2D eigenvalue weighted by atomic mass is 35.5. The molecule has 0 fully saturated rings. The van der Waals surface area contributed by atoms with E-state index in [1.54, 1.807) is 24.4 Å². The number of thioether (sulfide) groups is 1. The minimum atomic E-state index is -0.977. The minimum Gasteiger partial charge on any atom is -0.478 e. The fraction of sp³-hybridized carbons (Fsp3) is 0.0833. The summed E-state index contributed by atoms with van der Waals surface area (Å²) >= 11 is 7.44. The third kappa shape index (κ3) is 3.21. The lowest BCUT2D eigenvalue weighted by Crippen LogP contribution is -1.98. The van der Waals surface area contributed by atoms with E-state index in [0.29, 0.717) is 10.8 Å². The van der Waals surface area contributed by atoms with E-state index >= 15 is 0 Å². The second-order valence-corrected chi connectivity index (χ2v) is 4.79. The van der Waals surface area contributed by atoms with Crippen molar-refractivity contribution in [2.75, 3.05) is 0 Å². The Labute approximate surface area is 113 Å². The molecule has 0 aliphatic heterocycles. The van der Waals surface area contributed by atoms with Gasteiger partial charge in [-0.2, -0.15) is 0 Å². The first-order valence-electron chi connectivity index (χ1n) is 5.08. The maximum Gasteiger partial charge on any atom is 0.337 e. The molecule has 18 heavy (non-hydrogen) atoms. The minimum absolute atomic E-state index is 0.180. The van der Waals surface area contributed by atoms with E-state index in [9.17, 15) is 4.79 Å². The number of carbonyl (C=O) groups is 1. The molecule has 2 rings (SSSR count). The molecular formula is C12H9ClN2O2S. The van der Waals surface area contributed by atoms with Gasteiger partial charge in [0.2, 0.25) is 0 Å². The van der Waals surface area contributed by atoms with Crippen LogP contribution in [-0.4, -0.2) is 21.0 Å². The molecule has 0 spiro atoms. The van der Waals surface area contributed by atoms with Crippen molar-refractivity contribution in [3.8, 4) is 0 Å². The van der Waals surface area contributed by atoms with Gasteiger partial charge in [0, 0.05) is 18.1 Å². The molecule has 4 nitrogen and oxygen atoms in total. The molecule has 6 heteroatoms. The molecule has 0 amide bonds. The number of aromatic carboxylic acids is 1. The van der Waals surface area contributed by atoms with Crippen molar-refractivity contribution in [3.05, 3.63) is 52.9 Å². The van der Waals surface area contributed by atoms with Gasteiger partial charge in [0.05, 0.1) is 16.3 Å². The topological polar surface area (TPSA) is 63.1 Å². The van der Waals surface area contributed by atoms with Gasteiger partial charge in [-0.15, -0.1) is 0 Å². The number of hydrogen-bond acceptors (Lipinski definition) is 4. The molecule has 2 heterocycles. The van der Waals surface area contributed by atoms with E-state index in [4.69, 9.17) is 16.7 Å². The lowest BCUT2D eigenvalue weighted by atomic mass is 10.2. The molecule has 0 unspecified atom stereocenters. The first kappa shape index (κ1) is 12.9. The Bertz CT molecular complexity index is 560. The Kier molecular flexibility index (Phi) is 4.17. The maximum atomic E-state index is 10.7. The van der Waals surface area contributed by atoms with Gasteiger partial charge >= 0.3 is 5.97 Å². The first-order valence-corrected chi connectivity index (χ1v) is 6.44. The first-order chi connectivity index (χ1) is 8.66. The fourth-order valence-corrected chi connectivity index (χ4v) is 2.34. The molecule has 0 saturated carbocycles. The molecule has 0 radical (unpaired) electrons. The van der Waals surface area contributed by atoms with E-state index in [1.165, 1.54) is 24.0 Å². The van der Waals surface area contributed by atoms with Crippen LogP contribution in [0.4, 0.5) is 0 Å². The average Bonchev–Trinajstić information content (AvgIpc) is 2.38. The molecule has 0 aliphatic carbocycles. The van der Waals surface area contributed by atoms with Gasteiger partial charge in [-0.05, 0) is 24.3 Å². The number of aromatic nitrogens is 2. The largest absolute Gasteiger partial charge is 0.478 e. The van der Waals surface area contributed by atoms with Crippen LogP contribution in [0.25, 0.3) is 0 Å². The van der Waals surface area contributed by atoms with Crippen LogP contribution in [0.15, 0.2) is 41.7 Å². The Balaban J connectivity index is 2.02. The SMILES string of the molecule is O=C(O)c1ccc(CSc2ncccc2Cl)nc1. The highest BCUT2D eigenvalue weighted by molar-refractivity contribution is 7.98. The predicted molar refractivity (Wildman–Crippen MR) is 70.0 cm³/mol. The van der Waals surface area contributed by atoms with Gasteiger partial charge < -0.3 is 5.11 Å². The van der Waals surface area contributed by atoms with E-state index in [2.05, 4.69) is 9.97 Å². The molecule has 0 saturated heterocycles. The van der Waals surface area contributed by atoms with Crippen LogP contribution >= 0.6 is 23.4 Å². The summed E-state index contributed by atoms with van der Waals surface area (Å²) in [6.07, 6.45) is 3.02. The number of nitrogens with zero attached hydrogens (tertiary/aromatic N) is 2. The second-order valence-electron chi connectivity index (χ2n) is 3.42. The van der Waals surface area contributed by atoms with E-state index in [0.717, 1.165) is 10.7 Å². The Hall–Kier alpha value is -1.59. The summed E-state index contributed by atoms with van der Waals surface area (Å²) in [6, 6.07) is 6.77. The van der Waals surface area contributed by atoms with Crippen molar-refractivity contribution in [1.82, 2.24) is 9.97 Å². The zero-order valence-electron chi connectivity index (χ0n) is 9.21. The van der Waals surface area contributed by atoms with Gasteiger partial charge in [0.15, 0.2) is 0 Å². The van der Waals surface area contributed by atoms with Crippen LogP contribution in [-0.2, 0) is 5.75 Å². The molecule has 2 aromatic rings. The lowest BCUT2D eigenvalue weighted by Gasteiger charge is -2.02. The van der Waals surface area contributed by atoms with Gasteiger partial charge in [-0.3, -0.25) is 4.98 Å². The summed E-state index contributed by atoms with van der Waals surface area (Å²) in [7, 11) is 0. The molecule has 0 bridgehead atoms. The Morgan fingerprint density at radius 1 is 1.33 bits per heavy atom. The zero-order chi connectivity index (χ0) is 13.0. The Morgan fingerprint density at radius 2 is 2.17 bits per heavy atom. The second kappa shape index (κ2) is 5.84. The summed E-state index contributed by atoms with van der Waals surface area (Å²) < 4.78 is 0. The van der Waals surface area contributed by atoms with Crippen molar-refractivity contribution in [3.63, 3.8) is 0 Å². The molecule has 0 aromatic carbocycles. The average molecular weight is 281 g/mol. The standard InChI is InChI=1S/C12H9ClN2O2S/c13-10-2-1-5-14-11(10)18-7-9-4-3-8(6-15-9)12(16)17/h1-6H,7H2,(H,16,17). The fourth-order valence-electron chi connectivity index (χ4n) is 1.26.